The summed E-state index contributed by atoms with van der Waals surface area (Å²) in [6, 6.07) is 9.75. The number of carbonyl (C=O) groups excluding carboxylic acids is 1. The molecule has 7 heteroatoms. The van der Waals surface area contributed by atoms with Gasteiger partial charge in [-0.15, -0.1) is 5.10 Å². The van der Waals surface area contributed by atoms with Crippen LogP contribution in [0, 0.1) is 3.70 Å². The minimum atomic E-state index is -0.550. The highest BCUT2D eigenvalue weighted by Gasteiger charge is 2.39. The van der Waals surface area contributed by atoms with Crippen molar-refractivity contribution in [1.82, 2.24) is 15.0 Å². The van der Waals surface area contributed by atoms with Gasteiger partial charge < -0.3 is 9.47 Å². The van der Waals surface area contributed by atoms with Gasteiger partial charge in [-0.2, -0.15) is 0 Å². The molecule has 0 unspecified atom stereocenters. The highest BCUT2D eigenvalue weighted by molar-refractivity contribution is 14.1. The molecule has 1 fully saturated rings. The fourth-order valence-electron chi connectivity index (χ4n) is 2.32. The zero-order valence-electron chi connectivity index (χ0n) is 12.3. The van der Waals surface area contributed by atoms with Crippen LogP contribution in [-0.4, -0.2) is 39.8 Å². The van der Waals surface area contributed by atoms with Gasteiger partial charge in [0.05, 0.1) is 19.3 Å². The van der Waals surface area contributed by atoms with Crippen LogP contribution in [0.1, 0.15) is 35.9 Å². The Morgan fingerprint density at radius 1 is 1.41 bits per heavy atom. The number of hydrogen-bond acceptors (Lipinski definition) is 5. The van der Waals surface area contributed by atoms with Crippen LogP contribution in [0.25, 0.3) is 0 Å². The first kappa shape index (κ1) is 15.4. The van der Waals surface area contributed by atoms with E-state index in [-0.39, 0.29) is 6.04 Å². The molecular formula is C15H16IN3O3. The van der Waals surface area contributed by atoms with E-state index in [0.717, 1.165) is 5.56 Å². The van der Waals surface area contributed by atoms with Crippen LogP contribution in [0.15, 0.2) is 30.3 Å². The van der Waals surface area contributed by atoms with E-state index in [9.17, 15) is 4.79 Å². The number of rotatable bonds is 4. The van der Waals surface area contributed by atoms with Crippen LogP contribution in [0.2, 0.25) is 0 Å². The summed E-state index contributed by atoms with van der Waals surface area (Å²) in [4.78, 5) is 12.5. The minimum absolute atomic E-state index is 0.106. The van der Waals surface area contributed by atoms with E-state index in [1.165, 1.54) is 0 Å². The molecule has 1 saturated heterocycles. The van der Waals surface area contributed by atoms with Crippen LogP contribution in [0.5, 0.6) is 0 Å². The number of benzene rings is 1. The molecule has 2 aromatic rings. The van der Waals surface area contributed by atoms with Gasteiger partial charge in [0.15, 0.2) is 15.0 Å². The molecule has 116 valence electrons. The fourth-order valence-corrected chi connectivity index (χ4v) is 2.88. The highest BCUT2D eigenvalue weighted by Crippen LogP contribution is 2.26. The van der Waals surface area contributed by atoms with Gasteiger partial charge in [0.25, 0.3) is 0 Å². The smallest absolute Gasteiger partial charge is 0.360 e. The quantitative estimate of drug-likeness (QED) is 0.569. The molecule has 0 aliphatic carbocycles. The third-order valence-electron chi connectivity index (χ3n) is 3.65. The molecule has 22 heavy (non-hydrogen) atoms. The van der Waals surface area contributed by atoms with E-state index in [2.05, 4.69) is 10.3 Å². The molecule has 3 rings (SSSR count). The molecule has 1 atom stereocenters. The number of carbonyl (C=O) groups is 1. The molecule has 1 aliphatic rings. The van der Waals surface area contributed by atoms with E-state index in [1.807, 2.05) is 66.8 Å². The Labute approximate surface area is 141 Å². The largest absolute Gasteiger partial charge is 0.450 e. The van der Waals surface area contributed by atoms with Gasteiger partial charge in [-0.05, 0) is 42.0 Å². The van der Waals surface area contributed by atoms with E-state index in [1.54, 1.807) is 4.68 Å². The lowest BCUT2D eigenvalue weighted by Gasteiger charge is -2.37. The number of hydrogen-bond donors (Lipinski definition) is 0. The van der Waals surface area contributed by atoms with E-state index >= 15 is 0 Å². The number of aromatic nitrogens is 3. The van der Waals surface area contributed by atoms with Crippen LogP contribution < -0.4 is 0 Å². The Morgan fingerprint density at radius 2 is 2.09 bits per heavy atom. The summed E-state index contributed by atoms with van der Waals surface area (Å²) in [6.07, 6.45) is 0. The molecule has 1 aromatic heterocycles. The first-order valence-electron chi connectivity index (χ1n) is 6.97. The Hall–Kier alpha value is -1.48. The third-order valence-corrected chi connectivity index (χ3v) is 4.38. The number of nitrogens with zero attached hydrogens (tertiary/aromatic N) is 3. The van der Waals surface area contributed by atoms with Gasteiger partial charge in [0.1, 0.15) is 0 Å². The normalized spacial score (nSPS) is 17.6. The molecule has 0 saturated carbocycles. The van der Waals surface area contributed by atoms with Crippen LogP contribution in [0.4, 0.5) is 0 Å². The van der Waals surface area contributed by atoms with Gasteiger partial charge >= 0.3 is 5.97 Å². The molecule has 6 nitrogen and oxygen atoms in total. The van der Waals surface area contributed by atoms with Crippen molar-refractivity contribution in [1.29, 1.82) is 0 Å². The van der Waals surface area contributed by atoms with Gasteiger partial charge in [0.2, 0.25) is 0 Å². The summed E-state index contributed by atoms with van der Waals surface area (Å²) in [7, 11) is 0. The lowest BCUT2D eigenvalue weighted by molar-refractivity contribution is -0.169. The van der Waals surface area contributed by atoms with Crippen molar-refractivity contribution in [3.63, 3.8) is 0 Å². The maximum Gasteiger partial charge on any atom is 0.360 e. The Balaban J connectivity index is 1.89. The SMILES string of the molecule is C[C@H](c1ccccc1)n1nnc(I)c1C(=O)OC1(C)COC1. The van der Waals surface area contributed by atoms with Gasteiger partial charge in [0, 0.05) is 0 Å². The molecule has 0 radical (unpaired) electrons. The number of esters is 1. The summed E-state index contributed by atoms with van der Waals surface area (Å²) >= 11 is 2.00. The van der Waals surface area contributed by atoms with Crippen LogP contribution >= 0.6 is 22.6 Å². The summed E-state index contributed by atoms with van der Waals surface area (Å²) in [6.45, 7) is 4.68. The van der Waals surface area contributed by atoms with E-state index < -0.39 is 11.6 Å². The topological polar surface area (TPSA) is 66.2 Å². The second kappa shape index (κ2) is 5.96. The average molecular weight is 413 g/mol. The Morgan fingerprint density at radius 3 is 2.68 bits per heavy atom. The second-order valence-electron chi connectivity index (χ2n) is 5.59. The first-order valence-corrected chi connectivity index (χ1v) is 8.05. The second-order valence-corrected chi connectivity index (χ2v) is 6.61. The predicted molar refractivity (Wildman–Crippen MR) is 87.6 cm³/mol. The standard InChI is InChI=1S/C15H16IN3O3/c1-10(11-6-4-3-5-7-11)19-12(13(16)17-18-19)14(20)22-15(2)8-21-9-15/h3-7,10H,8-9H2,1-2H3/t10-/m1/s1. The van der Waals surface area contributed by atoms with Crippen LogP contribution in [0.3, 0.4) is 0 Å². The zero-order chi connectivity index (χ0) is 15.7. The number of halogens is 1. The summed E-state index contributed by atoms with van der Waals surface area (Å²) < 4.78 is 12.8. The van der Waals surface area contributed by atoms with Crippen LogP contribution in [-0.2, 0) is 9.47 Å². The van der Waals surface area contributed by atoms with Gasteiger partial charge in [-0.25, -0.2) is 9.48 Å². The Kier molecular flexibility index (Phi) is 4.18. The van der Waals surface area contributed by atoms with Crippen molar-refractivity contribution in [3.05, 3.63) is 45.3 Å². The lowest BCUT2D eigenvalue weighted by atomic mass is 10.1. The predicted octanol–water partition coefficient (Wildman–Crippen LogP) is 2.44. The lowest BCUT2D eigenvalue weighted by Crippen LogP contribution is -2.50. The maximum atomic E-state index is 12.5. The molecule has 0 bridgehead atoms. The summed E-state index contributed by atoms with van der Waals surface area (Å²) in [5.41, 5.74) is 0.881. The average Bonchev–Trinajstić information content (AvgIpc) is 2.87. The third kappa shape index (κ3) is 2.87. The molecule has 1 aromatic carbocycles. The van der Waals surface area contributed by atoms with Crippen molar-refractivity contribution >= 4 is 28.6 Å². The number of ether oxygens (including phenoxy) is 2. The fraction of sp³-hybridized carbons (Fsp3) is 0.400. The Bertz CT molecular complexity index is 683. The van der Waals surface area contributed by atoms with Gasteiger partial charge in [-0.1, -0.05) is 35.5 Å². The van der Waals surface area contributed by atoms with E-state index in [0.29, 0.717) is 22.6 Å². The minimum Gasteiger partial charge on any atom is -0.450 e. The zero-order valence-corrected chi connectivity index (χ0v) is 14.5. The molecule has 0 spiro atoms. The van der Waals surface area contributed by atoms with Crippen molar-refractivity contribution in [2.24, 2.45) is 0 Å². The van der Waals surface area contributed by atoms with Gasteiger partial charge in [-0.3, -0.25) is 0 Å². The highest BCUT2D eigenvalue weighted by atomic mass is 127. The van der Waals surface area contributed by atoms with Crippen molar-refractivity contribution in [3.8, 4) is 0 Å². The maximum absolute atomic E-state index is 12.5. The molecular weight excluding hydrogens is 397 g/mol. The van der Waals surface area contributed by atoms with Crippen molar-refractivity contribution in [2.75, 3.05) is 13.2 Å². The summed E-state index contributed by atoms with van der Waals surface area (Å²) in [5, 5.41) is 8.14. The molecule has 0 N–H and O–H groups in total. The molecule has 0 amide bonds. The summed E-state index contributed by atoms with van der Waals surface area (Å²) in [5.74, 6) is -0.414. The first-order chi connectivity index (χ1) is 10.5. The monoisotopic (exact) mass is 413 g/mol. The molecule has 1 aliphatic heterocycles. The van der Waals surface area contributed by atoms with E-state index in [4.69, 9.17) is 9.47 Å². The molecule has 2 heterocycles. The van der Waals surface area contributed by atoms with Crippen molar-refractivity contribution < 1.29 is 14.3 Å². The van der Waals surface area contributed by atoms with Crippen molar-refractivity contribution in [2.45, 2.75) is 25.5 Å².